The van der Waals surface area contributed by atoms with Crippen molar-refractivity contribution in [2.75, 3.05) is 14.2 Å². The van der Waals surface area contributed by atoms with Crippen molar-refractivity contribution in [2.45, 2.75) is 12.8 Å². The van der Waals surface area contributed by atoms with E-state index in [4.69, 9.17) is 18.9 Å². The molecule has 0 aromatic heterocycles. The molecule has 0 saturated carbocycles. The van der Waals surface area contributed by atoms with E-state index in [0.29, 0.717) is 33.8 Å². The lowest BCUT2D eigenvalue weighted by molar-refractivity contribution is -0.126. The molecule has 0 atom stereocenters. The summed E-state index contributed by atoms with van der Waals surface area (Å²) in [6.07, 6.45) is 2.50. The summed E-state index contributed by atoms with van der Waals surface area (Å²) >= 11 is 0. The number of rotatable bonds is 13. The minimum atomic E-state index is -0.528. The quantitative estimate of drug-likeness (QED) is 0.0955. The van der Waals surface area contributed by atoms with Crippen LogP contribution in [0.2, 0.25) is 0 Å². The highest BCUT2D eigenvalue weighted by molar-refractivity contribution is 5.92. The van der Waals surface area contributed by atoms with Gasteiger partial charge >= 0.3 is 11.9 Å². The fourth-order valence-corrected chi connectivity index (χ4v) is 3.86. The van der Waals surface area contributed by atoms with Crippen LogP contribution in [-0.4, -0.2) is 50.4 Å². The van der Waals surface area contributed by atoms with Crippen molar-refractivity contribution >= 4 is 36.2 Å². The molecule has 2 amide bonds. The smallest absolute Gasteiger partial charge is 0.343 e. The Balaban J connectivity index is 1.21. The van der Waals surface area contributed by atoms with Crippen LogP contribution >= 0.6 is 0 Å². The van der Waals surface area contributed by atoms with Gasteiger partial charge in [0.2, 0.25) is 11.8 Å². The number of ether oxygens (including phenoxy) is 4. The van der Waals surface area contributed by atoms with Crippen LogP contribution < -0.4 is 29.8 Å². The minimum Gasteiger partial charge on any atom is -0.493 e. The van der Waals surface area contributed by atoms with Crippen molar-refractivity contribution in [3.05, 3.63) is 119 Å². The third kappa shape index (κ3) is 9.61. The SMILES string of the molecule is COc1cc(/C=N\NC(=O)CCC(=O)N/N=C\c2ccc(OC(=O)c3ccccc3)c(OC)c2)ccc1OC(=O)c1ccccc1. The highest BCUT2D eigenvalue weighted by Crippen LogP contribution is 2.29. The average Bonchev–Trinajstić information content (AvgIpc) is 3.09. The zero-order chi connectivity index (χ0) is 32.7. The van der Waals surface area contributed by atoms with Crippen molar-refractivity contribution in [2.24, 2.45) is 10.2 Å². The number of carbonyl (C=O) groups excluding carboxylic acids is 4. The van der Waals surface area contributed by atoms with Gasteiger partial charge in [0.1, 0.15) is 0 Å². The van der Waals surface area contributed by atoms with Crippen LogP contribution in [-0.2, 0) is 9.59 Å². The van der Waals surface area contributed by atoms with E-state index in [0.717, 1.165) is 0 Å². The second kappa shape index (κ2) is 16.5. The Hall–Kier alpha value is -6.30. The van der Waals surface area contributed by atoms with E-state index in [9.17, 15) is 19.2 Å². The highest BCUT2D eigenvalue weighted by Gasteiger charge is 2.14. The number of amides is 2. The summed E-state index contributed by atoms with van der Waals surface area (Å²) in [5, 5.41) is 7.80. The van der Waals surface area contributed by atoms with Gasteiger partial charge in [-0.25, -0.2) is 20.4 Å². The molecule has 0 aliphatic rings. The summed E-state index contributed by atoms with van der Waals surface area (Å²) in [5.41, 5.74) is 6.64. The molecule has 12 nitrogen and oxygen atoms in total. The average molecular weight is 623 g/mol. The standard InChI is InChI=1S/C34H30N4O8/c1-43-29-19-23(13-15-27(29)45-33(41)25-9-5-3-6-10-25)21-35-37-31(39)17-18-32(40)38-36-22-24-14-16-28(30(20-24)44-2)46-34(42)26-11-7-4-8-12-26/h3-16,19-22H,17-18H2,1-2H3,(H,37,39)(H,38,40)/b35-21-,36-22-. The highest BCUT2D eigenvalue weighted by atomic mass is 16.6. The molecule has 0 spiro atoms. The van der Waals surface area contributed by atoms with Crippen molar-refractivity contribution in [1.82, 2.24) is 10.9 Å². The minimum absolute atomic E-state index is 0.133. The van der Waals surface area contributed by atoms with E-state index >= 15 is 0 Å². The van der Waals surface area contributed by atoms with E-state index < -0.39 is 23.8 Å². The van der Waals surface area contributed by atoms with Gasteiger partial charge in [0, 0.05) is 12.8 Å². The summed E-state index contributed by atoms with van der Waals surface area (Å²) in [4.78, 5) is 49.0. The molecule has 4 rings (SSSR count). The first kappa shape index (κ1) is 32.6. The first-order valence-corrected chi connectivity index (χ1v) is 13.9. The normalized spacial score (nSPS) is 10.7. The maximum absolute atomic E-state index is 12.3. The number of hydrazone groups is 2. The third-order valence-electron chi connectivity index (χ3n) is 6.18. The summed E-state index contributed by atoms with van der Waals surface area (Å²) in [6, 6.07) is 26.7. The van der Waals surface area contributed by atoms with Crippen molar-refractivity contribution in [3.8, 4) is 23.0 Å². The van der Waals surface area contributed by atoms with Gasteiger partial charge in [-0.2, -0.15) is 10.2 Å². The van der Waals surface area contributed by atoms with Crippen LogP contribution in [0, 0.1) is 0 Å². The molecule has 0 unspecified atom stereocenters. The fraction of sp³-hybridized carbons (Fsp3) is 0.118. The molecule has 0 fully saturated rings. The van der Waals surface area contributed by atoms with Crippen molar-refractivity contribution in [1.29, 1.82) is 0 Å². The van der Waals surface area contributed by atoms with Gasteiger partial charge in [-0.05, 0) is 71.8 Å². The Labute approximate surface area is 264 Å². The molecular weight excluding hydrogens is 592 g/mol. The van der Waals surface area contributed by atoms with Crippen LogP contribution in [0.5, 0.6) is 23.0 Å². The molecule has 0 bridgehead atoms. The predicted octanol–water partition coefficient (Wildman–Crippen LogP) is 4.52. The first-order valence-electron chi connectivity index (χ1n) is 13.9. The molecule has 46 heavy (non-hydrogen) atoms. The Morgan fingerprint density at radius 3 is 1.33 bits per heavy atom. The van der Waals surface area contributed by atoms with Gasteiger partial charge < -0.3 is 18.9 Å². The topological polar surface area (TPSA) is 154 Å². The number of esters is 2. The summed E-state index contributed by atoms with van der Waals surface area (Å²) in [5.74, 6) is -0.962. The van der Waals surface area contributed by atoms with Crippen LogP contribution in [0.1, 0.15) is 44.7 Å². The molecular formula is C34H30N4O8. The van der Waals surface area contributed by atoms with Gasteiger partial charge in [0.15, 0.2) is 23.0 Å². The number of methoxy groups -OCH3 is 2. The zero-order valence-electron chi connectivity index (χ0n) is 25.0. The maximum atomic E-state index is 12.3. The second-order valence-electron chi connectivity index (χ2n) is 9.42. The van der Waals surface area contributed by atoms with E-state index in [-0.39, 0.29) is 24.3 Å². The lowest BCUT2D eigenvalue weighted by Gasteiger charge is -2.10. The second-order valence-corrected chi connectivity index (χ2v) is 9.42. The zero-order valence-corrected chi connectivity index (χ0v) is 25.0. The van der Waals surface area contributed by atoms with Gasteiger partial charge in [0.25, 0.3) is 0 Å². The van der Waals surface area contributed by atoms with Crippen LogP contribution in [0.25, 0.3) is 0 Å². The maximum Gasteiger partial charge on any atom is 0.343 e. The fourth-order valence-electron chi connectivity index (χ4n) is 3.86. The Kier molecular flexibility index (Phi) is 11.7. The molecule has 12 heteroatoms. The van der Waals surface area contributed by atoms with E-state index in [1.165, 1.54) is 26.6 Å². The molecule has 2 N–H and O–H groups in total. The number of nitrogens with zero attached hydrogens (tertiary/aromatic N) is 2. The van der Waals surface area contributed by atoms with Gasteiger partial charge in [-0.15, -0.1) is 0 Å². The molecule has 0 aliphatic heterocycles. The molecule has 0 heterocycles. The van der Waals surface area contributed by atoms with Crippen LogP contribution in [0.3, 0.4) is 0 Å². The van der Waals surface area contributed by atoms with E-state index in [1.54, 1.807) is 97.1 Å². The third-order valence-corrected chi connectivity index (χ3v) is 6.18. The Morgan fingerprint density at radius 2 is 0.957 bits per heavy atom. The van der Waals surface area contributed by atoms with E-state index in [1.807, 2.05) is 0 Å². The van der Waals surface area contributed by atoms with Crippen molar-refractivity contribution < 1.29 is 38.1 Å². The van der Waals surface area contributed by atoms with Gasteiger partial charge in [-0.3, -0.25) is 9.59 Å². The number of carbonyl (C=O) groups is 4. The number of benzene rings is 4. The van der Waals surface area contributed by atoms with Gasteiger partial charge in [0.05, 0.1) is 37.8 Å². The number of hydrogen-bond donors (Lipinski definition) is 2. The Morgan fingerprint density at radius 1 is 0.565 bits per heavy atom. The predicted molar refractivity (Wildman–Crippen MR) is 169 cm³/mol. The molecule has 4 aromatic carbocycles. The molecule has 4 aromatic rings. The molecule has 0 aliphatic carbocycles. The first-order chi connectivity index (χ1) is 22.4. The lowest BCUT2D eigenvalue weighted by Crippen LogP contribution is -2.22. The molecule has 0 saturated heterocycles. The summed E-state index contributed by atoms with van der Waals surface area (Å²) in [7, 11) is 2.87. The monoisotopic (exact) mass is 622 g/mol. The van der Waals surface area contributed by atoms with Crippen molar-refractivity contribution in [3.63, 3.8) is 0 Å². The largest absolute Gasteiger partial charge is 0.493 e. The summed E-state index contributed by atoms with van der Waals surface area (Å²) < 4.78 is 21.5. The molecule has 234 valence electrons. The molecule has 0 radical (unpaired) electrons. The van der Waals surface area contributed by atoms with E-state index in [2.05, 4.69) is 21.1 Å². The Bertz CT molecular complexity index is 1610. The van der Waals surface area contributed by atoms with Crippen LogP contribution in [0.4, 0.5) is 0 Å². The van der Waals surface area contributed by atoms with Crippen LogP contribution in [0.15, 0.2) is 107 Å². The van der Waals surface area contributed by atoms with Gasteiger partial charge in [-0.1, -0.05) is 36.4 Å². The number of nitrogens with one attached hydrogen (secondary N) is 2. The number of hydrogen-bond acceptors (Lipinski definition) is 10. The summed E-state index contributed by atoms with van der Waals surface area (Å²) in [6.45, 7) is 0. The lowest BCUT2D eigenvalue weighted by atomic mass is 10.2.